The van der Waals surface area contributed by atoms with Crippen LogP contribution in [-0.4, -0.2) is 55.9 Å². The van der Waals surface area contributed by atoms with Crippen molar-refractivity contribution < 1.29 is 18.5 Å². The van der Waals surface area contributed by atoms with Crippen LogP contribution in [0.15, 0.2) is 58.0 Å². The highest BCUT2D eigenvalue weighted by molar-refractivity contribution is 5.91. The summed E-state index contributed by atoms with van der Waals surface area (Å²) >= 11 is 0. The summed E-state index contributed by atoms with van der Waals surface area (Å²) < 4.78 is 18.0. The number of likely N-dealkylation sites (tertiary alicyclic amines) is 1. The minimum absolute atomic E-state index is 0.107. The van der Waals surface area contributed by atoms with Crippen molar-refractivity contribution in [3.05, 3.63) is 66.4 Å². The van der Waals surface area contributed by atoms with Crippen molar-refractivity contribution in [1.29, 1.82) is 0 Å². The van der Waals surface area contributed by atoms with Gasteiger partial charge in [-0.25, -0.2) is 9.67 Å². The second kappa shape index (κ2) is 8.66. The smallest absolute Gasteiger partial charge is 0.289 e. The van der Waals surface area contributed by atoms with Crippen molar-refractivity contribution in [2.45, 2.75) is 19.4 Å². The Balaban J connectivity index is 1.17. The lowest BCUT2D eigenvalue weighted by Crippen LogP contribution is -2.28. The molecule has 1 fully saturated rings. The van der Waals surface area contributed by atoms with Gasteiger partial charge < -0.3 is 18.6 Å². The van der Waals surface area contributed by atoms with E-state index >= 15 is 0 Å². The molecule has 0 aliphatic carbocycles. The Morgan fingerprint density at radius 2 is 2.09 bits per heavy atom. The highest BCUT2D eigenvalue weighted by Crippen LogP contribution is 2.25. The number of hydrogen-bond donors (Lipinski definition) is 0. The SMILES string of the molecule is COc1ccc(-c2nc(CC3CCN(C(=O)c4ccc(Cn5cncn5)o4)C3)no2)cc1. The van der Waals surface area contributed by atoms with Crippen LogP contribution in [0.1, 0.15) is 28.6 Å². The fraction of sp³-hybridized carbons (Fsp3) is 0.318. The molecule has 32 heavy (non-hydrogen) atoms. The zero-order valence-electron chi connectivity index (χ0n) is 17.5. The van der Waals surface area contributed by atoms with Crippen LogP contribution in [0.25, 0.3) is 11.5 Å². The topological polar surface area (TPSA) is 112 Å². The summed E-state index contributed by atoms with van der Waals surface area (Å²) in [6.07, 6.45) is 4.60. The monoisotopic (exact) mass is 434 g/mol. The van der Waals surface area contributed by atoms with E-state index in [1.807, 2.05) is 29.2 Å². The molecule has 0 N–H and O–H groups in total. The molecular weight excluding hydrogens is 412 g/mol. The number of nitrogens with zero attached hydrogens (tertiary/aromatic N) is 6. The Bertz CT molecular complexity index is 1180. The predicted octanol–water partition coefficient (Wildman–Crippen LogP) is 2.68. The molecule has 4 heterocycles. The van der Waals surface area contributed by atoms with Crippen LogP contribution in [0.2, 0.25) is 0 Å². The molecule has 3 aromatic heterocycles. The third kappa shape index (κ3) is 4.25. The summed E-state index contributed by atoms with van der Waals surface area (Å²) in [5.41, 5.74) is 0.840. The molecule has 10 nitrogen and oxygen atoms in total. The summed E-state index contributed by atoms with van der Waals surface area (Å²) in [5, 5.41) is 8.16. The first-order chi connectivity index (χ1) is 15.7. The highest BCUT2D eigenvalue weighted by atomic mass is 16.5. The average molecular weight is 434 g/mol. The van der Waals surface area contributed by atoms with Gasteiger partial charge >= 0.3 is 0 Å². The minimum atomic E-state index is -0.107. The van der Waals surface area contributed by atoms with Gasteiger partial charge in [-0.3, -0.25) is 4.79 Å². The number of furan rings is 1. The van der Waals surface area contributed by atoms with Gasteiger partial charge in [-0.15, -0.1) is 0 Å². The lowest BCUT2D eigenvalue weighted by Gasteiger charge is -2.14. The molecule has 164 valence electrons. The van der Waals surface area contributed by atoms with Crippen molar-refractivity contribution in [3.8, 4) is 17.2 Å². The van der Waals surface area contributed by atoms with Crippen molar-refractivity contribution in [2.75, 3.05) is 20.2 Å². The molecule has 5 rings (SSSR count). The maximum Gasteiger partial charge on any atom is 0.289 e. The second-order valence-electron chi connectivity index (χ2n) is 7.71. The van der Waals surface area contributed by atoms with Gasteiger partial charge in [-0.1, -0.05) is 5.16 Å². The van der Waals surface area contributed by atoms with E-state index < -0.39 is 0 Å². The quantitative estimate of drug-likeness (QED) is 0.436. The third-order valence-electron chi connectivity index (χ3n) is 5.51. The summed E-state index contributed by atoms with van der Waals surface area (Å²) in [5.74, 6) is 3.04. The van der Waals surface area contributed by atoms with E-state index in [1.165, 1.54) is 6.33 Å². The van der Waals surface area contributed by atoms with Gasteiger partial charge in [0.05, 0.1) is 7.11 Å². The van der Waals surface area contributed by atoms with Crippen LogP contribution >= 0.6 is 0 Å². The van der Waals surface area contributed by atoms with E-state index in [2.05, 4.69) is 20.2 Å². The number of amides is 1. The third-order valence-corrected chi connectivity index (χ3v) is 5.51. The maximum atomic E-state index is 12.8. The van der Waals surface area contributed by atoms with Gasteiger partial charge in [0.2, 0.25) is 0 Å². The molecule has 1 aromatic carbocycles. The molecule has 4 aromatic rings. The van der Waals surface area contributed by atoms with Gasteiger partial charge in [0, 0.05) is 25.1 Å². The van der Waals surface area contributed by atoms with Crippen molar-refractivity contribution in [1.82, 2.24) is 29.8 Å². The number of ether oxygens (including phenoxy) is 1. The van der Waals surface area contributed by atoms with Crippen LogP contribution < -0.4 is 4.74 Å². The summed E-state index contributed by atoms with van der Waals surface area (Å²) in [6.45, 7) is 1.74. The van der Waals surface area contributed by atoms with Crippen LogP contribution in [-0.2, 0) is 13.0 Å². The predicted molar refractivity (Wildman–Crippen MR) is 112 cm³/mol. The maximum absolute atomic E-state index is 12.8. The molecule has 1 aliphatic heterocycles. The second-order valence-corrected chi connectivity index (χ2v) is 7.71. The van der Waals surface area contributed by atoms with Crippen molar-refractivity contribution in [3.63, 3.8) is 0 Å². The molecule has 1 amide bonds. The van der Waals surface area contributed by atoms with E-state index in [0.29, 0.717) is 49.3 Å². The van der Waals surface area contributed by atoms with E-state index in [-0.39, 0.29) is 11.8 Å². The van der Waals surface area contributed by atoms with Crippen LogP contribution in [0.4, 0.5) is 0 Å². The molecule has 0 saturated carbocycles. The standard InChI is InChI=1S/C22H22N6O4/c1-30-17-4-2-16(3-5-17)21-25-20(26-32-21)10-15-8-9-27(11-15)22(29)19-7-6-18(31-19)12-28-14-23-13-24-28/h2-7,13-15H,8-12H2,1H3. The lowest BCUT2D eigenvalue weighted by molar-refractivity contribution is 0.0753. The molecule has 1 aliphatic rings. The average Bonchev–Trinajstić information content (AvgIpc) is 3.62. The summed E-state index contributed by atoms with van der Waals surface area (Å²) in [7, 11) is 1.62. The number of carbonyl (C=O) groups is 1. The van der Waals surface area contributed by atoms with E-state index in [4.69, 9.17) is 13.7 Å². The van der Waals surface area contributed by atoms with E-state index in [0.717, 1.165) is 17.7 Å². The molecule has 0 spiro atoms. The highest BCUT2D eigenvalue weighted by Gasteiger charge is 2.29. The number of hydrogen-bond acceptors (Lipinski definition) is 8. The van der Waals surface area contributed by atoms with Gasteiger partial charge in [-0.2, -0.15) is 10.1 Å². The van der Waals surface area contributed by atoms with E-state index in [1.54, 1.807) is 30.3 Å². The van der Waals surface area contributed by atoms with Gasteiger partial charge in [0.15, 0.2) is 11.6 Å². The molecule has 1 atom stereocenters. The number of benzene rings is 1. The first-order valence-electron chi connectivity index (χ1n) is 10.4. The lowest BCUT2D eigenvalue weighted by atomic mass is 10.1. The number of aromatic nitrogens is 5. The molecule has 0 bridgehead atoms. The van der Waals surface area contributed by atoms with Crippen LogP contribution in [0.3, 0.4) is 0 Å². The zero-order chi connectivity index (χ0) is 21.9. The van der Waals surface area contributed by atoms with Crippen molar-refractivity contribution in [2.24, 2.45) is 5.92 Å². The van der Waals surface area contributed by atoms with Crippen LogP contribution in [0.5, 0.6) is 5.75 Å². The van der Waals surface area contributed by atoms with Crippen molar-refractivity contribution >= 4 is 5.91 Å². The number of carbonyl (C=O) groups excluding carboxylic acids is 1. The first kappa shape index (κ1) is 20.0. The molecule has 10 heteroatoms. The van der Waals surface area contributed by atoms with Crippen LogP contribution in [0, 0.1) is 5.92 Å². The zero-order valence-corrected chi connectivity index (χ0v) is 17.5. The number of methoxy groups -OCH3 is 1. The minimum Gasteiger partial charge on any atom is -0.497 e. The summed E-state index contributed by atoms with van der Waals surface area (Å²) in [6, 6.07) is 11.0. The Hall–Kier alpha value is -3.95. The Kier molecular flexibility index (Phi) is 5.40. The first-order valence-corrected chi connectivity index (χ1v) is 10.4. The van der Waals surface area contributed by atoms with E-state index in [9.17, 15) is 4.79 Å². The Morgan fingerprint density at radius 1 is 1.22 bits per heavy atom. The van der Waals surface area contributed by atoms with Gasteiger partial charge in [0.25, 0.3) is 11.8 Å². The molecule has 0 radical (unpaired) electrons. The Labute approximate surface area is 183 Å². The fourth-order valence-corrected chi connectivity index (χ4v) is 3.84. The molecular formula is C22H22N6O4. The summed E-state index contributed by atoms with van der Waals surface area (Å²) in [4.78, 5) is 23.1. The van der Waals surface area contributed by atoms with Gasteiger partial charge in [0.1, 0.15) is 30.7 Å². The Morgan fingerprint density at radius 3 is 2.88 bits per heavy atom. The molecule has 1 unspecified atom stereocenters. The molecule has 1 saturated heterocycles. The fourth-order valence-electron chi connectivity index (χ4n) is 3.84. The number of rotatable bonds is 7. The normalized spacial score (nSPS) is 15.9. The largest absolute Gasteiger partial charge is 0.497 e. The van der Waals surface area contributed by atoms with Gasteiger partial charge in [-0.05, 0) is 48.7 Å².